The third-order valence-electron chi connectivity index (χ3n) is 5.82. The van der Waals surface area contributed by atoms with Crippen molar-refractivity contribution in [3.63, 3.8) is 0 Å². The topological polar surface area (TPSA) is 58.9 Å². The van der Waals surface area contributed by atoms with E-state index in [4.69, 9.17) is 4.98 Å². The van der Waals surface area contributed by atoms with E-state index in [1.54, 1.807) is 6.20 Å². The third kappa shape index (κ3) is 3.99. The van der Waals surface area contributed by atoms with Gasteiger partial charge in [-0.15, -0.1) is 0 Å². The van der Waals surface area contributed by atoms with Crippen LogP contribution in [0.1, 0.15) is 19.3 Å². The Morgan fingerprint density at radius 1 is 0.967 bits per heavy atom. The van der Waals surface area contributed by atoms with Crippen molar-refractivity contribution in [3.8, 4) is 5.82 Å². The molecule has 6 heteroatoms. The zero-order chi connectivity index (χ0) is 20.2. The molecule has 30 heavy (non-hydrogen) atoms. The van der Waals surface area contributed by atoms with Crippen LogP contribution >= 0.6 is 0 Å². The summed E-state index contributed by atoms with van der Waals surface area (Å²) in [6.45, 7) is 3.15. The van der Waals surface area contributed by atoms with Gasteiger partial charge in [0.1, 0.15) is 12.1 Å². The van der Waals surface area contributed by atoms with Crippen molar-refractivity contribution < 1.29 is 0 Å². The summed E-state index contributed by atoms with van der Waals surface area (Å²) in [4.78, 5) is 16.1. The Bertz CT molecular complexity index is 1110. The number of para-hydroxylation sites is 3. The third-order valence-corrected chi connectivity index (χ3v) is 5.82. The Morgan fingerprint density at radius 2 is 1.83 bits per heavy atom. The number of anilines is 2. The minimum atomic E-state index is 0.668. The summed E-state index contributed by atoms with van der Waals surface area (Å²) in [7, 11) is 0. The van der Waals surface area contributed by atoms with Crippen molar-refractivity contribution in [1.29, 1.82) is 0 Å². The lowest BCUT2D eigenvalue weighted by atomic mass is 9.94. The van der Waals surface area contributed by atoms with E-state index in [1.165, 1.54) is 18.5 Å². The molecule has 0 saturated carbocycles. The van der Waals surface area contributed by atoms with E-state index in [1.807, 2.05) is 35.2 Å². The first kappa shape index (κ1) is 18.6. The second-order valence-electron chi connectivity index (χ2n) is 7.85. The van der Waals surface area contributed by atoms with Gasteiger partial charge in [-0.2, -0.15) is 4.98 Å². The predicted octanol–water partition coefficient (Wildman–Crippen LogP) is 4.53. The molecule has 1 fully saturated rings. The van der Waals surface area contributed by atoms with Crippen molar-refractivity contribution in [2.75, 3.05) is 29.9 Å². The Balaban J connectivity index is 1.21. The summed E-state index contributed by atoms with van der Waals surface area (Å²) in [5.41, 5.74) is 3.34. The molecule has 152 valence electrons. The molecule has 4 aromatic rings. The fraction of sp³-hybridized carbons (Fsp3) is 0.292. The molecular weight excluding hydrogens is 372 g/mol. The average Bonchev–Trinajstić information content (AvgIpc) is 3.24. The highest BCUT2D eigenvalue weighted by Gasteiger charge is 2.19. The van der Waals surface area contributed by atoms with Crippen LogP contribution in [0.2, 0.25) is 0 Å². The van der Waals surface area contributed by atoms with Crippen LogP contribution in [0.25, 0.3) is 16.9 Å². The Kier molecular flexibility index (Phi) is 5.29. The Labute approximate surface area is 176 Å². The number of imidazole rings is 1. The van der Waals surface area contributed by atoms with Crippen molar-refractivity contribution >= 4 is 22.7 Å². The molecule has 5 rings (SSSR count). The average molecular weight is 399 g/mol. The normalized spacial score (nSPS) is 16.7. The zero-order valence-corrected chi connectivity index (χ0v) is 17.0. The maximum absolute atomic E-state index is 4.70. The van der Waals surface area contributed by atoms with E-state index >= 15 is 0 Å². The first-order valence-corrected chi connectivity index (χ1v) is 10.7. The van der Waals surface area contributed by atoms with Crippen LogP contribution < -0.4 is 10.2 Å². The number of aromatic nitrogens is 4. The molecule has 6 nitrogen and oxygen atoms in total. The molecule has 1 unspecified atom stereocenters. The lowest BCUT2D eigenvalue weighted by Crippen LogP contribution is -2.36. The summed E-state index contributed by atoms with van der Waals surface area (Å²) >= 11 is 0. The second kappa shape index (κ2) is 8.53. The highest BCUT2D eigenvalue weighted by molar-refractivity contribution is 5.76. The maximum atomic E-state index is 4.70. The fourth-order valence-corrected chi connectivity index (χ4v) is 4.27. The first-order chi connectivity index (χ1) is 14.9. The smallest absolute Gasteiger partial charge is 0.224 e. The van der Waals surface area contributed by atoms with Crippen molar-refractivity contribution in [2.24, 2.45) is 5.92 Å². The number of rotatable bonds is 6. The van der Waals surface area contributed by atoms with Crippen LogP contribution in [0.4, 0.5) is 11.6 Å². The number of benzene rings is 2. The molecule has 3 heterocycles. The van der Waals surface area contributed by atoms with E-state index in [9.17, 15) is 0 Å². The van der Waals surface area contributed by atoms with Crippen molar-refractivity contribution in [1.82, 2.24) is 19.5 Å². The molecule has 1 aliphatic heterocycles. The molecule has 1 aliphatic rings. The fourth-order valence-electron chi connectivity index (χ4n) is 4.27. The van der Waals surface area contributed by atoms with Gasteiger partial charge in [-0.25, -0.2) is 9.97 Å². The van der Waals surface area contributed by atoms with Crippen molar-refractivity contribution in [2.45, 2.75) is 19.3 Å². The molecule has 0 bridgehead atoms. The van der Waals surface area contributed by atoms with E-state index in [0.717, 1.165) is 42.9 Å². The molecule has 1 N–H and O–H groups in total. The lowest BCUT2D eigenvalue weighted by molar-refractivity contribution is 0.399. The molecular formula is C24H26N6. The number of nitrogens with one attached hydrogen (secondary N) is 1. The zero-order valence-electron chi connectivity index (χ0n) is 17.0. The van der Waals surface area contributed by atoms with Crippen LogP contribution in [0.3, 0.4) is 0 Å². The van der Waals surface area contributed by atoms with E-state index in [-0.39, 0.29) is 0 Å². The highest BCUT2D eigenvalue weighted by atomic mass is 15.2. The van der Waals surface area contributed by atoms with Gasteiger partial charge < -0.3 is 10.2 Å². The molecule has 0 spiro atoms. The van der Waals surface area contributed by atoms with E-state index in [2.05, 4.69) is 56.6 Å². The summed E-state index contributed by atoms with van der Waals surface area (Å²) in [6, 6.07) is 20.7. The van der Waals surface area contributed by atoms with Crippen LogP contribution in [0, 0.1) is 5.92 Å². The van der Waals surface area contributed by atoms with Gasteiger partial charge in [0.15, 0.2) is 0 Å². The summed E-state index contributed by atoms with van der Waals surface area (Å²) in [5.74, 6) is 2.18. The number of hydrogen-bond acceptors (Lipinski definition) is 5. The standard InChI is InChI=1S/C24H26N6/c1-2-8-20(9-3-1)29-16-6-7-19(17-29)12-14-25-24-26-15-13-23(28-24)30-18-27-21-10-4-5-11-22(21)30/h1-5,8-11,13,15,18-19H,6-7,12,14,16-17H2,(H,25,26,28). The van der Waals surface area contributed by atoms with Crippen LogP contribution in [0.5, 0.6) is 0 Å². The number of hydrogen-bond donors (Lipinski definition) is 1. The van der Waals surface area contributed by atoms with Gasteiger partial charge in [0.25, 0.3) is 0 Å². The molecule has 1 atom stereocenters. The summed E-state index contributed by atoms with van der Waals surface area (Å²) in [6.07, 6.45) is 7.27. The second-order valence-corrected chi connectivity index (χ2v) is 7.85. The predicted molar refractivity (Wildman–Crippen MR) is 121 cm³/mol. The lowest BCUT2D eigenvalue weighted by Gasteiger charge is -2.34. The number of nitrogens with zero attached hydrogens (tertiary/aromatic N) is 5. The highest BCUT2D eigenvalue weighted by Crippen LogP contribution is 2.25. The minimum absolute atomic E-state index is 0.668. The van der Waals surface area contributed by atoms with Gasteiger partial charge in [0.05, 0.1) is 11.0 Å². The van der Waals surface area contributed by atoms with Crippen LogP contribution in [0.15, 0.2) is 73.2 Å². The SMILES string of the molecule is c1ccc(N2CCCC(CCNc3nccc(-n4cnc5ccccc54)n3)C2)cc1. The van der Waals surface area contributed by atoms with Gasteiger partial charge in [-0.3, -0.25) is 4.57 Å². The minimum Gasteiger partial charge on any atom is -0.371 e. The van der Waals surface area contributed by atoms with Gasteiger partial charge in [-0.05, 0) is 55.5 Å². The molecule has 2 aromatic carbocycles. The number of fused-ring (bicyclic) bond motifs is 1. The first-order valence-electron chi connectivity index (χ1n) is 10.7. The summed E-state index contributed by atoms with van der Waals surface area (Å²) in [5, 5.41) is 3.42. The Hall–Kier alpha value is -3.41. The largest absolute Gasteiger partial charge is 0.371 e. The molecule has 0 radical (unpaired) electrons. The van der Waals surface area contributed by atoms with Gasteiger partial charge in [0.2, 0.25) is 5.95 Å². The molecule has 2 aromatic heterocycles. The summed E-state index contributed by atoms with van der Waals surface area (Å²) < 4.78 is 2.00. The van der Waals surface area contributed by atoms with Crippen LogP contribution in [-0.2, 0) is 0 Å². The number of piperidine rings is 1. The molecule has 0 aliphatic carbocycles. The molecule has 0 amide bonds. The maximum Gasteiger partial charge on any atom is 0.224 e. The van der Waals surface area contributed by atoms with Crippen LogP contribution in [-0.4, -0.2) is 39.2 Å². The van der Waals surface area contributed by atoms with E-state index in [0.29, 0.717) is 11.9 Å². The van der Waals surface area contributed by atoms with Gasteiger partial charge in [-0.1, -0.05) is 30.3 Å². The van der Waals surface area contributed by atoms with Gasteiger partial charge >= 0.3 is 0 Å². The van der Waals surface area contributed by atoms with E-state index < -0.39 is 0 Å². The quantitative estimate of drug-likeness (QED) is 0.517. The van der Waals surface area contributed by atoms with Crippen molar-refractivity contribution in [3.05, 3.63) is 73.2 Å². The Morgan fingerprint density at radius 3 is 2.77 bits per heavy atom. The molecule has 1 saturated heterocycles. The monoisotopic (exact) mass is 398 g/mol. The van der Waals surface area contributed by atoms with Gasteiger partial charge in [0, 0.05) is 31.5 Å².